The molecule has 1 aromatic heterocycles. The van der Waals surface area contributed by atoms with Crippen LogP contribution in [0.5, 0.6) is 0 Å². The van der Waals surface area contributed by atoms with Crippen LogP contribution in [0.15, 0.2) is 12.1 Å². The van der Waals surface area contributed by atoms with Crippen LogP contribution in [-0.4, -0.2) is 35.1 Å². The van der Waals surface area contributed by atoms with Crippen LogP contribution in [0.2, 0.25) is 0 Å². The molecule has 0 radical (unpaired) electrons. The summed E-state index contributed by atoms with van der Waals surface area (Å²) in [6.07, 6.45) is 0. The molecule has 0 bridgehead atoms. The van der Waals surface area contributed by atoms with Gasteiger partial charge in [-0.25, -0.2) is 4.98 Å². The number of rotatable bonds is 3. The number of pyridine rings is 1. The Morgan fingerprint density at radius 2 is 2.00 bits per heavy atom. The number of aromatic nitrogens is 1. The molecule has 6 nitrogen and oxygen atoms in total. The number of carboxylic acid groups (broad SMARTS) is 1. The van der Waals surface area contributed by atoms with Crippen LogP contribution in [0.4, 0.5) is 5.82 Å². The SMILES string of the molecule is Cc1ccc(C(N)=O)c(N2C[C@@H]3C(C(=O)O)[C@@H]3C2)n1. The third-order valence-corrected chi connectivity index (χ3v) is 4.06. The number of carbonyl (C=O) groups excluding carboxylic acids is 1. The topological polar surface area (TPSA) is 96.5 Å². The van der Waals surface area contributed by atoms with Crippen molar-refractivity contribution in [2.45, 2.75) is 6.92 Å². The minimum absolute atomic E-state index is 0.181. The summed E-state index contributed by atoms with van der Waals surface area (Å²) in [5.41, 5.74) is 6.57. The molecule has 19 heavy (non-hydrogen) atoms. The van der Waals surface area contributed by atoms with E-state index in [9.17, 15) is 9.59 Å². The highest BCUT2D eigenvalue weighted by Crippen LogP contribution is 2.52. The second kappa shape index (κ2) is 3.94. The smallest absolute Gasteiger partial charge is 0.307 e. The number of amides is 1. The van der Waals surface area contributed by atoms with Gasteiger partial charge in [-0.05, 0) is 30.9 Å². The van der Waals surface area contributed by atoms with E-state index in [2.05, 4.69) is 4.98 Å². The summed E-state index contributed by atoms with van der Waals surface area (Å²) >= 11 is 0. The molecule has 6 heteroatoms. The van der Waals surface area contributed by atoms with E-state index in [0.717, 1.165) is 5.69 Å². The fraction of sp³-hybridized carbons (Fsp3) is 0.462. The van der Waals surface area contributed by atoms with E-state index in [1.54, 1.807) is 12.1 Å². The van der Waals surface area contributed by atoms with Gasteiger partial charge >= 0.3 is 5.97 Å². The van der Waals surface area contributed by atoms with Gasteiger partial charge in [0.2, 0.25) is 0 Å². The maximum atomic E-state index is 11.4. The molecule has 3 atom stereocenters. The number of carboxylic acids is 1. The van der Waals surface area contributed by atoms with E-state index in [1.807, 2.05) is 11.8 Å². The number of carbonyl (C=O) groups is 2. The molecule has 1 saturated carbocycles. The van der Waals surface area contributed by atoms with Gasteiger partial charge in [-0.2, -0.15) is 0 Å². The molecule has 3 N–H and O–H groups in total. The van der Waals surface area contributed by atoms with Gasteiger partial charge in [0.1, 0.15) is 5.82 Å². The summed E-state index contributed by atoms with van der Waals surface area (Å²) < 4.78 is 0. The van der Waals surface area contributed by atoms with Gasteiger partial charge in [0.05, 0.1) is 11.5 Å². The van der Waals surface area contributed by atoms with Gasteiger partial charge < -0.3 is 15.7 Å². The third-order valence-electron chi connectivity index (χ3n) is 4.06. The number of nitrogens with zero attached hydrogens (tertiary/aromatic N) is 2. The van der Waals surface area contributed by atoms with Gasteiger partial charge in [0.25, 0.3) is 5.91 Å². The van der Waals surface area contributed by atoms with Crippen LogP contribution in [0.25, 0.3) is 0 Å². The van der Waals surface area contributed by atoms with E-state index in [-0.39, 0.29) is 17.8 Å². The summed E-state index contributed by atoms with van der Waals surface area (Å²) in [5.74, 6) is -0.497. The first kappa shape index (κ1) is 12.0. The van der Waals surface area contributed by atoms with Crippen molar-refractivity contribution in [3.8, 4) is 0 Å². The Morgan fingerprint density at radius 3 is 2.53 bits per heavy atom. The Bertz CT molecular complexity index is 560. The number of aliphatic carboxylic acids is 1. The fourth-order valence-electron chi connectivity index (χ4n) is 3.04. The molecule has 2 heterocycles. The zero-order chi connectivity index (χ0) is 13.7. The molecular weight excluding hydrogens is 246 g/mol. The molecule has 1 saturated heterocycles. The van der Waals surface area contributed by atoms with Crippen LogP contribution in [-0.2, 0) is 4.79 Å². The maximum Gasteiger partial charge on any atom is 0.307 e. The Morgan fingerprint density at radius 1 is 1.37 bits per heavy atom. The number of hydrogen-bond acceptors (Lipinski definition) is 4. The van der Waals surface area contributed by atoms with E-state index >= 15 is 0 Å². The summed E-state index contributed by atoms with van der Waals surface area (Å²) in [4.78, 5) is 28.7. The third kappa shape index (κ3) is 1.83. The van der Waals surface area contributed by atoms with E-state index < -0.39 is 11.9 Å². The molecule has 1 aliphatic carbocycles. The highest BCUT2D eigenvalue weighted by molar-refractivity contribution is 5.97. The normalized spacial score (nSPS) is 28.1. The minimum Gasteiger partial charge on any atom is -0.481 e. The minimum atomic E-state index is -0.720. The number of primary amides is 1. The van der Waals surface area contributed by atoms with Crippen molar-refractivity contribution in [2.24, 2.45) is 23.5 Å². The van der Waals surface area contributed by atoms with Crippen molar-refractivity contribution in [2.75, 3.05) is 18.0 Å². The lowest BCUT2D eigenvalue weighted by Crippen LogP contribution is -2.29. The molecule has 1 unspecified atom stereocenters. The first-order valence-corrected chi connectivity index (χ1v) is 6.24. The second-order valence-corrected chi connectivity index (χ2v) is 5.28. The molecule has 1 amide bonds. The quantitative estimate of drug-likeness (QED) is 0.813. The molecule has 2 aliphatic rings. The summed E-state index contributed by atoms with van der Waals surface area (Å²) in [7, 11) is 0. The van der Waals surface area contributed by atoms with Crippen LogP contribution in [0.1, 0.15) is 16.1 Å². The lowest BCUT2D eigenvalue weighted by molar-refractivity contribution is -0.139. The Labute approximate surface area is 110 Å². The Hall–Kier alpha value is -2.11. The van der Waals surface area contributed by atoms with Crippen molar-refractivity contribution < 1.29 is 14.7 Å². The zero-order valence-electron chi connectivity index (χ0n) is 10.5. The predicted molar refractivity (Wildman–Crippen MR) is 67.8 cm³/mol. The number of fused-ring (bicyclic) bond motifs is 1. The fourth-order valence-corrected chi connectivity index (χ4v) is 3.04. The van der Waals surface area contributed by atoms with Crippen molar-refractivity contribution >= 4 is 17.7 Å². The van der Waals surface area contributed by atoms with Crippen LogP contribution < -0.4 is 10.6 Å². The van der Waals surface area contributed by atoms with Crippen molar-refractivity contribution in [3.63, 3.8) is 0 Å². The zero-order valence-corrected chi connectivity index (χ0v) is 10.5. The molecule has 1 aromatic rings. The van der Waals surface area contributed by atoms with Crippen LogP contribution in [0, 0.1) is 24.7 Å². The van der Waals surface area contributed by atoms with Gasteiger partial charge in [0.15, 0.2) is 0 Å². The Balaban J connectivity index is 1.84. The Kier molecular flexibility index (Phi) is 2.48. The number of anilines is 1. The molecule has 0 aromatic carbocycles. The molecule has 100 valence electrons. The van der Waals surface area contributed by atoms with Crippen molar-refractivity contribution in [1.29, 1.82) is 0 Å². The van der Waals surface area contributed by atoms with E-state index in [0.29, 0.717) is 24.5 Å². The van der Waals surface area contributed by atoms with Crippen molar-refractivity contribution in [3.05, 3.63) is 23.4 Å². The van der Waals surface area contributed by atoms with Crippen LogP contribution >= 0.6 is 0 Å². The van der Waals surface area contributed by atoms with Gasteiger partial charge in [-0.15, -0.1) is 0 Å². The highest BCUT2D eigenvalue weighted by atomic mass is 16.4. The van der Waals surface area contributed by atoms with Crippen molar-refractivity contribution in [1.82, 2.24) is 4.98 Å². The summed E-state index contributed by atoms with van der Waals surface area (Å²) in [6.45, 7) is 3.13. The first-order chi connectivity index (χ1) is 8.99. The molecule has 0 spiro atoms. The molecular formula is C13H15N3O3. The monoisotopic (exact) mass is 261 g/mol. The average Bonchev–Trinajstić information content (AvgIpc) is 2.85. The van der Waals surface area contributed by atoms with E-state index in [4.69, 9.17) is 10.8 Å². The number of piperidine rings is 1. The summed E-state index contributed by atoms with van der Waals surface area (Å²) in [5, 5.41) is 8.99. The highest BCUT2D eigenvalue weighted by Gasteiger charge is 2.60. The number of aryl methyl sites for hydroxylation is 1. The predicted octanol–water partition coefficient (Wildman–Crippen LogP) is 0.256. The number of hydrogen-bond donors (Lipinski definition) is 2. The van der Waals surface area contributed by atoms with Gasteiger partial charge in [-0.1, -0.05) is 0 Å². The largest absolute Gasteiger partial charge is 0.481 e. The summed E-state index contributed by atoms with van der Waals surface area (Å²) in [6, 6.07) is 3.43. The lowest BCUT2D eigenvalue weighted by atomic mass is 10.2. The molecule has 3 rings (SSSR count). The lowest BCUT2D eigenvalue weighted by Gasteiger charge is -2.22. The number of nitrogens with two attached hydrogens (primary N) is 1. The molecule has 2 fully saturated rings. The van der Waals surface area contributed by atoms with Gasteiger partial charge in [-0.3, -0.25) is 9.59 Å². The standard InChI is InChI=1S/C13H15N3O3/c1-6-2-3-7(11(14)17)12(15-6)16-4-8-9(5-16)10(8)13(18)19/h2-3,8-10H,4-5H2,1H3,(H2,14,17)(H,18,19)/t8-,9+,10?. The second-order valence-electron chi connectivity index (χ2n) is 5.28. The van der Waals surface area contributed by atoms with E-state index in [1.165, 1.54) is 0 Å². The van der Waals surface area contributed by atoms with Gasteiger partial charge in [0, 0.05) is 18.8 Å². The first-order valence-electron chi connectivity index (χ1n) is 6.24. The molecule has 1 aliphatic heterocycles. The average molecular weight is 261 g/mol. The van der Waals surface area contributed by atoms with Crippen LogP contribution in [0.3, 0.4) is 0 Å². The maximum absolute atomic E-state index is 11.4.